The summed E-state index contributed by atoms with van der Waals surface area (Å²) in [6, 6.07) is 14.5. The van der Waals surface area contributed by atoms with Gasteiger partial charge in [0.15, 0.2) is 17.3 Å². The molecule has 1 aliphatic carbocycles. The molecule has 1 atom stereocenters. The SMILES string of the molecule is NCc1cccc(CNC(c2ccc3c(c2)OCO3)c2nnnn2C2CCCCC2)c1. The molecule has 8 nitrogen and oxygen atoms in total. The summed E-state index contributed by atoms with van der Waals surface area (Å²) in [4.78, 5) is 0. The summed E-state index contributed by atoms with van der Waals surface area (Å²) in [6.45, 7) is 1.45. The normalized spacial score (nSPS) is 17.1. The molecule has 2 aromatic carbocycles. The van der Waals surface area contributed by atoms with Gasteiger partial charge in [-0.15, -0.1) is 5.10 Å². The van der Waals surface area contributed by atoms with E-state index in [-0.39, 0.29) is 12.8 Å². The maximum absolute atomic E-state index is 5.82. The van der Waals surface area contributed by atoms with Gasteiger partial charge in [0.2, 0.25) is 6.79 Å². The Hall–Kier alpha value is -2.97. The number of nitrogens with zero attached hydrogens (tertiary/aromatic N) is 4. The van der Waals surface area contributed by atoms with E-state index in [1.54, 1.807) is 0 Å². The second kappa shape index (κ2) is 9.03. The number of ether oxygens (including phenoxy) is 2. The summed E-state index contributed by atoms with van der Waals surface area (Å²) in [5.41, 5.74) is 9.16. The van der Waals surface area contributed by atoms with Crippen molar-refractivity contribution < 1.29 is 9.47 Å². The number of hydrogen-bond acceptors (Lipinski definition) is 7. The van der Waals surface area contributed by atoms with Crippen molar-refractivity contribution in [3.05, 3.63) is 65.0 Å². The van der Waals surface area contributed by atoms with Crippen molar-refractivity contribution in [2.45, 2.75) is 57.3 Å². The minimum Gasteiger partial charge on any atom is -0.454 e. The van der Waals surface area contributed by atoms with Gasteiger partial charge >= 0.3 is 0 Å². The van der Waals surface area contributed by atoms with Crippen LogP contribution in [0.25, 0.3) is 0 Å². The van der Waals surface area contributed by atoms with E-state index in [9.17, 15) is 0 Å². The number of hydrogen-bond donors (Lipinski definition) is 2. The van der Waals surface area contributed by atoms with Crippen molar-refractivity contribution >= 4 is 0 Å². The predicted molar refractivity (Wildman–Crippen MR) is 116 cm³/mol. The van der Waals surface area contributed by atoms with E-state index in [1.165, 1.54) is 24.8 Å². The average molecular weight is 421 g/mol. The standard InChI is InChI=1S/C23H28N6O2/c24-13-16-5-4-6-17(11-16)14-25-22(18-9-10-20-21(12-18)31-15-30-20)23-26-27-28-29(23)19-7-2-1-3-8-19/h4-6,9-12,19,22,25H,1-3,7-8,13-15,24H2. The molecule has 1 unspecified atom stereocenters. The Morgan fingerprint density at radius 1 is 1.03 bits per heavy atom. The molecule has 1 saturated carbocycles. The summed E-state index contributed by atoms with van der Waals surface area (Å²) in [5, 5.41) is 16.6. The average Bonchev–Trinajstić information content (AvgIpc) is 3.49. The van der Waals surface area contributed by atoms with Crippen LogP contribution in [0.15, 0.2) is 42.5 Å². The van der Waals surface area contributed by atoms with Crippen LogP contribution in [-0.2, 0) is 13.1 Å². The van der Waals surface area contributed by atoms with Gasteiger partial charge in [-0.3, -0.25) is 5.32 Å². The first-order chi connectivity index (χ1) is 15.3. The number of benzene rings is 2. The zero-order chi connectivity index (χ0) is 21.0. The van der Waals surface area contributed by atoms with E-state index < -0.39 is 0 Å². The van der Waals surface area contributed by atoms with E-state index in [0.29, 0.717) is 19.1 Å². The first-order valence-corrected chi connectivity index (χ1v) is 11.0. The summed E-state index contributed by atoms with van der Waals surface area (Å²) in [7, 11) is 0. The second-order valence-corrected chi connectivity index (χ2v) is 8.22. The quantitative estimate of drug-likeness (QED) is 0.605. The minimum absolute atomic E-state index is 0.173. The molecule has 8 heteroatoms. The summed E-state index contributed by atoms with van der Waals surface area (Å²) in [5.74, 6) is 2.36. The molecule has 0 spiro atoms. The summed E-state index contributed by atoms with van der Waals surface area (Å²) in [6.07, 6.45) is 5.96. The molecule has 0 saturated heterocycles. The van der Waals surface area contributed by atoms with E-state index >= 15 is 0 Å². The molecule has 162 valence electrons. The van der Waals surface area contributed by atoms with Gasteiger partial charge in [0.1, 0.15) is 0 Å². The molecule has 3 N–H and O–H groups in total. The zero-order valence-electron chi connectivity index (χ0n) is 17.5. The Labute approximate surface area is 181 Å². The second-order valence-electron chi connectivity index (χ2n) is 8.22. The fraction of sp³-hybridized carbons (Fsp3) is 0.435. The van der Waals surface area contributed by atoms with Crippen molar-refractivity contribution in [1.82, 2.24) is 25.5 Å². The molecule has 1 aromatic heterocycles. The highest BCUT2D eigenvalue weighted by Crippen LogP contribution is 2.36. The smallest absolute Gasteiger partial charge is 0.231 e. The number of nitrogens with two attached hydrogens (primary N) is 1. The van der Waals surface area contributed by atoms with Gasteiger partial charge in [0.05, 0.1) is 12.1 Å². The van der Waals surface area contributed by atoms with Crippen molar-refractivity contribution in [2.24, 2.45) is 5.73 Å². The van der Waals surface area contributed by atoms with Gasteiger partial charge in [0, 0.05) is 13.1 Å². The third kappa shape index (κ3) is 4.26. The van der Waals surface area contributed by atoms with E-state index in [0.717, 1.165) is 41.3 Å². The summed E-state index contributed by atoms with van der Waals surface area (Å²) < 4.78 is 13.1. The largest absolute Gasteiger partial charge is 0.454 e. The number of nitrogens with one attached hydrogen (secondary N) is 1. The van der Waals surface area contributed by atoms with Crippen molar-refractivity contribution in [3.63, 3.8) is 0 Å². The van der Waals surface area contributed by atoms with Gasteiger partial charge in [-0.1, -0.05) is 49.6 Å². The Balaban J connectivity index is 1.46. The van der Waals surface area contributed by atoms with Crippen molar-refractivity contribution in [2.75, 3.05) is 6.79 Å². The van der Waals surface area contributed by atoms with Crippen LogP contribution in [0.3, 0.4) is 0 Å². The highest BCUT2D eigenvalue weighted by molar-refractivity contribution is 5.46. The van der Waals surface area contributed by atoms with Crippen LogP contribution >= 0.6 is 0 Å². The monoisotopic (exact) mass is 420 g/mol. The van der Waals surface area contributed by atoms with Gasteiger partial charge in [-0.2, -0.15) is 0 Å². The van der Waals surface area contributed by atoms with Crippen LogP contribution in [0, 0.1) is 0 Å². The lowest BCUT2D eigenvalue weighted by Crippen LogP contribution is -2.28. The molecular formula is C23H28N6O2. The molecule has 3 aromatic rings. The van der Waals surface area contributed by atoms with E-state index in [1.807, 2.05) is 28.9 Å². The molecule has 2 heterocycles. The predicted octanol–water partition coefficient (Wildman–Crippen LogP) is 3.24. The van der Waals surface area contributed by atoms with Gasteiger partial charge in [-0.25, -0.2) is 4.68 Å². The van der Waals surface area contributed by atoms with Gasteiger partial charge in [-0.05, 0) is 52.1 Å². The maximum Gasteiger partial charge on any atom is 0.231 e. The van der Waals surface area contributed by atoms with Crippen LogP contribution in [0.5, 0.6) is 11.5 Å². The van der Waals surface area contributed by atoms with Gasteiger partial charge < -0.3 is 15.2 Å². The van der Waals surface area contributed by atoms with E-state index in [4.69, 9.17) is 15.2 Å². The molecule has 0 amide bonds. The van der Waals surface area contributed by atoms with Crippen LogP contribution in [0.4, 0.5) is 0 Å². The number of rotatable bonds is 7. The Morgan fingerprint density at radius 3 is 2.74 bits per heavy atom. The Morgan fingerprint density at radius 2 is 1.87 bits per heavy atom. The maximum atomic E-state index is 5.82. The van der Waals surface area contributed by atoms with Gasteiger partial charge in [0.25, 0.3) is 0 Å². The lowest BCUT2D eigenvalue weighted by molar-refractivity contribution is 0.174. The van der Waals surface area contributed by atoms with Crippen molar-refractivity contribution in [1.29, 1.82) is 0 Å². The molecule has 0 radical (unpaired) electrons. The van der Waals surface area contributed by atoms with Crippen LogP contribution in [-0.4, -0.2) is 27.0 Å². The number of fused-ring (bicyclic) bond motifs is 1. The highest BCUT2D eigenvalue weighted by atomic mass is 16.7. The fourth-order valence-electron chi connectivity index (χ4n) is 4.51. The molecule has 31 heavy (non-hydrogen) atoms. The molecule has 2 aliphatic rings. The molecule has 0 bridgehead atoms. The first kappa shape index (κ1) is 20.0. The van der Waals surface area contributed by atoms with E-state index in [2.05, 4.69) is 39.0 Å². The zero-order valence-corrected chi connectivity index (χ0v) is 17.5. The molecular weight excluding hydrogens is 392 g/mol. The minimum atomic E-state index is -0.173. The van der Waals surface area contributed by atoms with Crippen LogP contribution in [0.2, 0.25) is 0 Å². The van der Waals surface area contributed by atoms with Crippen molar-refractivity contribution in [3.8, 4) is 11.5 Å². The molecule has 5 rings (SSSR count). The van der Waals surface area contributed by atoms with Crippen LogP contribution < -0.4 is 20.5 Å². The third-order valence-corrected chi connectivity index (χ3v) is 6.16. The number of aromatic nitrogens is 4. The molecule has 1 aliphatic heterocycles. The highest BCUT2D eigenvalue weighted by Gasteiger charge is 2.27. The van der Waals surface area contributed by atoms with Crippen LogP contribution in [0.1, 0.15) is 66.7 Å². The topological polar surface area (TPSA) is 100 Å². The first-order valence-electron chi connectivity index (χ1n) is 11.0. The summed E-state index contributed by atoms with van der Waals surface area (Å²) >= 11 is 0. The lowest BCUT2D eigenvalue weighted by atomic mass is 9.95. The fourth-order valence-corrected chi connectivity index (χ4v) is 4.51. The Kier molecular flexibility index (Phi) is 5.82. The Bertz CT molecular complexity index is 1030. The lowest BCUT2D eigenvalue weighted by Gasteiger charge is -2.25. The third-order valence-electron chi connectivity index (χ3n) is 6.16. The number of tetrazole rings is 1. The molecule has 1 fully saturated rings.